The molecule has 4 aliphatic rings. The Balaban J connectivity index is 0.000000139. The Morgan fingerprint density at radius 1 is 0.293 bits per heavy atom. The number of nitrogens with zero attached hydrogens (tertiary/aromatic N) is 12. The zero-order chi connectivity index (χ0) is 98.9. The van der Waals surface area contributed by atoms with Crippen molar-refractivity contribution < 1.29 is 39.6 Å². The van der Waals surface area contributed by atoms with Crippen LogP contribution in [-0.4, -0.2) is 173 Å². The lowest BCUT2D eigenvalue weighted by Crippen LogP contribution is -2.34. The van der Waals surface area contributed by atoms with E-state index in [1.54, 1.807) is 0 Å². The van der Waals surface area contributed by atoms with E-state index in [9.17, 15) is 39.6 Å². The van der Waals surface area contributed by atoms with Crippen molar-refractivity contribution in [2.45, 2.75) is 173 Å². The zero-order valence-electron chi connectivity index (χ0n) is 82.1. The highest BCUT2D eigenvalue weighted by atomic mass is 16.3. The van der Waals surface area contributed by atoms with E-state index in [1.165, 1.54) is 60.6 Å². The first kappa shape index (κ1) is 105. The maximum Gasteiger partial charge on any atom is 0.272 e. The van der Waals surface area contributed by atoms with Crippen LogP contribution in [0.4, 0.5) is 0 Å². The summed E-state index contributed by atoms with van der Waals surface area (Å²) in [4.78, 5) is 66.4. The lowest BCUT2D eigenvalue weighted by atomic mass is 9.98. The molecule has 0 unspecified atom stereocenters. The average Bonchev–Trinajstić information content (AvgIpc) is 1.63. The van der Waals surface area contributed by atoms with Crippen molar-refractivity contribution >= 4 is 88.4 Å². The highest BCUT2D eigenvalue weighted by molar-refractivity contribution is 5.98. The Morgan fingerprint density at radius 2 is 0.599 bits per heavy atom. The number of rotatable bonds is 30. The van der Waals surface area contributed by atoms with Crippen molar-refractivity contribution in [2.75, 3.05) is 65.7 Å². The van der Waals surface area contributed by atoms with Crippen molar-refractivity contribution in [1.82, 2.24) is 85.0 Å². The van der Waals surface area contributed by atoms with Crippen LogP contribution in [0.2, 0.25) is 0 Å². The first-order chi connectivity index (χ1) is 70.6. The number of hydrogen-bond donors (Lipinski definition) is 9. The third kappa shape index (κ3) is 24.3. The molecule has 25 nitrogen and oxygen atoms in total. The summed E-state index contributed by atoms with van der Waals surface area (Å²) in [5.74, 6) is -0.670. The Labute approximate surface area is 860 Å². The van der Waals surface area contributed by atoms with E-state index in [4.69, 9.17) is 0 Å². The molecule has 9 N–H and O–H groups in total. The van der Waals surface area contributed by atoms with Crippen LogP contribution >= 0.6 is 0 Å². The third-order valence-corrected chi connectivity index (χ3v) is 28.7. The van der Waals surface area contributed by atoms with Gasteiger partial charge in [0.05, 0.1) is 52.6 Å². The van der Waals surface area contributed by atoms with E-state index in [2.05, 4.69) is 281 Å². The fourth-order valence-corrected chi connectivity index (χ4v) is 21.1. The van der Waals surface area contributed by atoms with Gasteiger partial charge in [-0.25, -0.2) is 0 Å². The lowest BCUT2D eigenvalue weighted by molar-refractivity contribution is 0.0934. The van der Waals surface area contributed by atoms with Crippen LogP contribution in [0.15, 0.2) is 285 Å². The van der Waals surface area contributed by atoms with Crippen LogP contribution < -0.4 is 21.3 Å². The number of para-hydroxylation sites is 1. The minimum atomic E-state index is -0.176. The number of aliphatic hydroxyl groups is 4. The fourth-order valence-electron chi connectivity index (χ4n) is 21.1. The predicted octanol–water partition coefficient (Wildman–Crippen LogP) is 18.6. The van der Waals surface area contributed by atoms with Crippen LogP contribution in [0.1, 0.15) is 170 Å². The topological polar surface area (TPSA) is 297 Å². The molecular formula is C122H137N17O8. The molecule has 22 rings (SSSR count). The molecule has 0 atom stereocenters. The molecule has 0 spiro atoms. The third-order valence-electron chi connectivity index (χ3n) is 28.7. The molecule has 4 amide bonds. The first-order valence-corrected chi connectivity index (χ1v) is 50.4. The van der Waals surface area contributed by atoms with Gasteiger partial charge in [-0.15, -0.1) is 0 Å². The second kappa shape index (κ2) is 49.3. The Hall–Kier alpha value is -14.9. The number of aromatic nitrogens is 9. The maximum atomic E-state index is 13.5. The summed E-state index contributed by atoms with van der Waals surface area (Å²) in [5, 5.41) is 82.3. The minimum Gasteiger partial charge on any atom is -0.394 e. The molecule has 0 radical (unpaired) electrons. The molecule has 0 aliphatic carbocycles. The van der Waals surface area contributed by atoms with Gasteiger partial charge in [-0.05, 0) is 143 Å². The van der Waals surface area contributed by atoms with Gasteiger partial charge < -0.3 is 46.7 Å². The molecule has 25 heteroatoms. The van der Waals surface area contributed by atoms with Gasteiger partial charge in [-0.2, -0.15) is 20.4 Å². The van der Waals surface area contributed by atoms with E-state index in [0.29, 0.717) is 101 Å². The molecule has 0 bridgehead atoms. The van der Waals surface area contributed by atoms with E-state index >= 15 is 0 Å². The normalized spacial score (nSPS) is 13.4. The number of hydrogen-bond acceptors (Lipinski definition) is 16. The number of nitrogens with one attached hydrogen (secondary N) is 5. The van der Waals surface area contributed by atoms with Crippen molar-refractivity contribution in [3.8, 4) is 0 Å². The zero-order valence-corrected chi connectivity index (χ0v) is 82.1. The summed E-state index contributed by atoms with van der Waals surface area (Å²) in [6, 6.07) is 96.0. The molecule has 9 heterocycles. The van der Waals surface area contributed by atoms with Gasteiger partial charge >= 0.3 is 0 Å². The van der Waals surface area contributed by atoms with Gasteiger partial charge in [0, 0.05) is 193 Å². The van der Waals surface area contributed by atoms with E-state index in [0.717, 1.165) is 201 Å². The summed E-state index contributed by atoms with van der Waals surface area (Å²) in [6.07, 6.45) is 7.29. The van der Waals surface area contributed by atoms with E-state index in [1.807, 2.05) is 110 Å². The average molecular weight is 1970 g/mol. The van der Waals surface area contributed by atoms with Crippen LogP contribution in [-0.2, 0) is 130 Å². The quantitative estimate of drug-likeness (QED) is 0.0202. The van der Waals surface area contributed by atoms with Gasteiger partial charge in [0.15, 0.2) is 22.8 Å². The van der Waals surface area contributed by atoms with Crippen LogP contribution in [0.25, 0.3) is 64.8 Å². The highest BCUT2D eigenvalue weighted by Gasteiger charge is 2.34. The Kier molecular flexibility index (Phi) is 35.2. The van der Waals surface area contributed by atoms with Crippen LogP contribution in [0.5, 0.6) is 0 Å². The standard InChI is InChI=1S/C32H32N4O2.C30H31N5O2.C29H32N4O2.C28H30N4O2.3CH4/c1-22-13-14-25(28-12-5-4-10-26(22)28)20-35-16-15-30-29(21-35)31(34-36(30)17-18-37)32(38)33-19-24-9-6-8-23-7-2-3-11-27(23)24;1-20-6-4-11-25-23(17-31-28(20)25)18-34-13-12-27-26(19-34)29(33-35(27)14-15-36)30(37)32-16-22-9-5-8-21-7-2-3-10-24(21)22;1-21-9-11-22(12-10-21)13-15-32-16-14-27-26(20-32)28(31-33(27)17-18-34)29(35)30-19-24-7-4-6-23-5-2-3-8-25(23)24;33-18-17-32-26-14-16-31(15-13-21-7-2-1-3-8-21)20-25(26)27(30-32)28(34)29-19-23-11-6-10-22-9-4-5-12-24(22)23;;;/h2-14,37H,15-21H2,1H3,(H,33,38);2-11,17,31,36H,12-16,18-19H2,1H3,(H,32,37);2-12,34H,13-20H2,1H3,(H,30,35);1-12,33H,13-20H2,(H,29,34);3*1H4. The van der Waals surface area contributed by atoms with Crippen molar-refractivity contribution in [1.29, 1.82) is 0 Å². The molecular weight excluding hydrogens is 1830 g/mol. The maximum absolute atomic E-state index is 13.5. The highest BCUT2D eigenvalue weighted by Crippen LogP contribution is 2.34. The summed E-state index contributed by atoms with van der Waals surface area (Å²) < 4.78 is 7.27. The molecule has 18 aromatic rings. The van der Waals surface area contributed by atoms with Crippen molar-refractivity contribution in [3.63, 3.8) is 0 Å². The number of carbonyl (C=O) groups excluding carboxylic acids is 4. The number of benzene rings is 13. The second-order valence-electron chi connectivity index (χ2n) is 38.0. The molecule has 13 aromatic carbocycles. The largest absolute Gasteiger partial charge is 0.394 e. The number of H-pyrrole nitrogens is 1. The fraction of sp³-hybridized carbons (Fsp3) is 0.295. The van der Waals surface area contributed by atoms with Crippen molar-refractivity contribution in [3.05, 3.63) is 414 Å². The van der Waals surface area contributed by atoms with Crippen molar-refractivity contribution in [2.24, 2.45) is 0 Å². The summed E-state index contributed by atoms with van der Waals surface area (Å²) >= 11 is 0. The molecule has 5 aromatic heterocycles. The summed E-state index contributed by atoms with van der Waals surface area (Å²) in [5.41, 5.74) is 24.5. The summed E-state index contributed by atoms with van der Waals surface area (Å²) in [7, 11) is 0. The Bertz CT molecular complexity index is 7610. The number of carbonyl (C=O) groups is 4. The second-order valence-corrected chi connectivity index (χ2v) is 38.0. The van der Waals surface area contributed by atoms with E-state index in [-0.39, 0.29) is 72.3 Å². The number of aromatic amines is 1. The van der Waals surface area contributed by atoms with Crippen LogP contribution in [0, 0.1) is 20.8 Å². The molecule has 0 saturated heterocycles. The lowest BCUT2D eigenvalue weighted by Gasteiger charge is -2.28. The molecule has 4 aliphatic heterocycles. The van der Waals surface area contributed by atoms with Crippen LogP contribution in [0.3, 0.4) is 0 Å². The van der Waals surface area contributed by atoms with Gasteiger partial charge in [-0.3, -0.25) is 57.5 Å². The number of aliphatic hydroxyl groups excluding tert-OH is 4. The van der Waals surface area contributed by atoms with Gasteiger partial charge in [0.25, 0.3) is 23.6 Å². The first-order valence-electron chi connectivity index (χ1n) is 50.4. The monoisotopic (exact) mass is 1970 g/mol. The molecule has 758 valence electrons. The summed E-state index contributed by atoms with van der Waals surface area (Å²) in [6.45, 7) is 19.5. The molecule has 0 fully saturated rings. The van der Waals surface area contributed by atoms with Gasteiger partial charge in [-0.1, -0.05) is 307 Å². The number of amides is 4. The number of aryl methyl sites for hydroxylation is 3. The molecule has 0 saturated carbocycles. The molecule has 147 heavy (non-hydrogen) atoms. The van der Waals surface area contributed by atoms with Gasteiger partial charge in [0.1, 0.15) is 0 Å². The smallest absolute Gasteiger partial charge is 0.272 e. The Morgan fingerprint density at radius 3 is 0.973 bits per heavy atom. The van der Waals surface area contributed by atoms with Gasteiger partial charge in [0.2, 0.25) is 0 Å². The SMILES string of the molecule is C.C.C.Cc1ccc(CCN2CCc3c(c(C(=O)NCc4cccc5ccccc45)nn3CCO)C2)cc1.Cc1ccc(CN2CCc3c(c(C(=O)NCc4cccc5ccccc45)nn3CCO)C2)c2ccccc12.Cc1cccc2c(CN3CCc4c(c(C(=O)NCc5cccc6ccccc56)nn4CCO)C3)c[nH]c12.O=C(NCc1cccc2ccccc12)c1nn(CCO)c2c1CN(CCc1ccccc1)CC2. The number of fused-ring (bicyclic) bond motifs is 10. The van der Waals surface area contributed by atoms with E-state index < -0.39 is 0 Å². The predicted molar refractivity (Wildman–Crippen MR) is 588 cm³/mol. The minimum absolute atomic E-state index is 0.